The molecule has 0 saturated heterocycles. The third-order valence-corrected chi connectivity index (χ3v) is 2.13. The summed E-state index contributed by atoms with van der Waals surface area (Å²) in [4.78, 5) is 22.2. The van der Waals surface area contributed by atoms with Crippen LogP contribution in [0, 0.1) is 0 Å². The molecular formula is C11H10ClNO3. The van der Waals surface area contributed by atoms with E-state index in [1.165, 1.54) is 25.1 Å². The number of rotatable bonds is 3. The van der Waals surface area contributed by atoms with E-state index in [2.05, 4.69) is 5.32 Å². The summed E-state index contributed by atoms with van der Waals surface area (Å²) in [7, 11) is 0. The molecule has 1 aromatic rings. The van der Waals surface area contributed by atoms with Gasteiger partial charge in [0.25, 0.3) is 5.91 Å². The van der Waals surface area contributed by atoms with Gasteiger partial charge in [0.1, 0.15) is 5.70 Å². The summed E-state index contributed by atoms with van der Waals surface area (Å²) in [5.74, 6) is -1.66. The fraction of sp³-hybridized carbons (Fsp3) is 0.0909. The fourth-order valence-electron chi connectivity index (χ4n) is 1.04. The van der Waals surface area contributed by atoms with Crippen LogP contribution in [0.4, 0.5) is 0 Å². The van der Waals surface area contributed by atoms with Crippen molar-refractivity contribution in [2.75, 3.05) is 0 Å². The zero-order chi connectivity index (χ0) is 12.1. The number of amides is 1. The number of hydrogen-bond donors (Lipinski definition) is 2. The molecule has 0 atom stereocenters. The third-order valence-electron chi connectivity index (χ3n) is 1.87. The molecule has 0 aliphatic heterocycles. The molecule has 2 N–H and O–H groups in total. The van der Waals surface area contributed by atoms with Gasteiger partial charge in [-0.1, -0.05) is 17.7 Å². The summed E-state index contributed by atoms with van der Waals surface area (Å²) in [6, 6.07) is 6.17. The average Bonchev–Trinajstić information content (AvgIpc) is 2.26. The van der Waals surface area contributed by atoms with Crippen LogP contribution < -0.4 is 5.32 Å². The van der Waals surface area contributed by atoms with Crippen LogP contribution in [0.2, 0.25) is 5.02 Å². The molecular weight excluding hydrogens is 230 g/mol. The van der Waals surface area contributed by atoms with Crippen molar-refractivity contribution >= 4 is 23.5 Å². The van der Waals surface area contributed by atoms with Gasteiger partial charge in [0.2, 0.25) is 0 Å². The van der Waals surface area contributed by atoms with E-state index in [4.69, 9.17) is 16.7 Å². The monoisotopic (exact) mass is 239 g/mol. The Balaban J connectivity index is 2.80. The molecule has 1 aromatic carbocycles. The maximum atomic E-state index is 11.6. The number of halogens is 1. The second kappa shape index (κ2) is 5.32. The van der Waals surface area contributed by atoms with Gasteiger partial charge >= 0.3 is 5.97 Å². The van der Waals surface area contributed by atoms with Gasteiger partial charge in [0.15, 0.2) is 0 Å². The molecule has 1 amide bonds. The van der Waals surface area contributed by atoms with Crippen LogP contribution in [0.3, 0.4) is 0 Å². The van der Waals surface area contributed by atoms with Crippen molar-refractivity contribution in [3.63, 3.8) is 0 Å². The first kappa shape index (κ1) is 12.3. The second-order valence-electron chi connectivity index (χ2n) is 2.97. The number of benzene rings is 1. The van der Waals surface area contributed by atoms with Crippen LogP contribution in [0.25, 0.3) is 0 Å². The molecule has 0 spiro atoms. The summed E-state index contributed by atoms with van der Waals surface area (Å²) in [6.07, 6.45) is 1.32. The minimum absolute atomic E-state index is 0.153. The van der Waals surface area contributed by atoms with E-state index in [0.29, 0.717) is 10.6 Å². The van der Waals surface area contributed by atoms with Gasteiger partial charge in [-0.15, -0.1) is 0 Å². The van der Waals surface area contributed by atoms with Crippen LogP contribution in [0.15, 0.2) is 36.0 Å². The summed E-state index contributed by atoms with van der Waals surface area (Å²) in [6.45, 7) is 1.53. The molecule has 0 unspecified atom stereocenters. The van der Waals surface area contributed by atoms with Crippen molar-refractivity contribution in [3.05, 3.63) is 46.6 Å². The molecule has 0 radical (unpaired) electrons. The predicted octanol–water partition coefficient (Wildman–Crippen LogP) is 2.06. The lowest BCUT2D eigenvalue weighted by molar-refractivity contribution is -0.133. The van der Waals surface area contributed by atoms with Crippen molar-refractivity contribution in [2.24, 2.45) is 0 Å². The lowest BCUT2D eigenvalue weighted by atomic mass is 10.2. The predicted molar refractivity (Wildman–Crippen MR) is 60.3 cm³/mol. The Hall–Kier alpha value is -1.81. The molecule has 0 aliphatic rings. The first-order valence-corrected chi connectivity index (χ1v) is 4.89. The molecule has 5 heteroatoms. The lowest BCUT2D eigenvalue weighted by Crippen LogP contribution is -2.27. The number of carbonyl (C=O) groups is 2. The lowest BCUT2D eigenvalue weighted by Gasteiger charge is -2.05. The van der Waals surface area contributed by atoms with E-state index in [0.717, 1.165) is 0 Å². The van der Waals surface area contributed by atoms with Crippen LogP contribution in [0.1, 0.15) is 17.3 Å². The SMILES string of the molecule is C/C=C(/NC(=O)c1ccc(Cl)cc1)C(=O)O. The fourth-order valence-corrected chi connectivity index (χ4v) is 1.17. The third kappa shape index (κ3) is 3.10. The maximum Gasteiger partial charge on any atom is 0.352 e. The van der Waals surface area contributed by atoms with E-state index in [1.807, 2.05) is 0 Å². The maximum absolute atomic E-state index is 11.6. The molecule has 0 aromatic heterocycles. The van der Waals surface area contributed by atoms with Gasteiger partial charge in [-0.2, -0.15) is 0 Å². The molecule has 16 heavy (non-hydrogen) atoms. The Bertz CT molecular complexity index is 437. The van der Waals surface area contributed by atoms with Gasteiger partial charge in [-0.25, -0.2) is 4.79 Å². The highest BCUT2D eigenvalue weighted by Gasteiger charge is 2.11. The number of allylic oxidation sites excluding steroid dienone is 1. The van der Waals surface area contributed by atoms with Gasteiger partial charge in [-0.3, -0.25) is 4.79 Å². The number of nitrogens with one attached hydrogen (secondary N) is 1. The highest BCUT2D eigenvalue weighted by atomic mass is 35.5. The van der Waals surface area contributed by atoms with Gasteiger partial charge in [0, 0.05) is 10.6 Å². The quantitative estimate of drug-likeness (QED) is 0.794. The van der Waals surface area contributed by atoms with E-state index >= 15 is 0 Å². The van der Waals surface area contributed by atoms with Crippen LogP contribution in [-0.4, -0.2) is 17.0 Å². The normalized spacial score (nSPS) is 11.0. The number of aliphatic carboxylic acids is 1. The van der Waals surface area contributed by atoms with Crippen LogP contribution in [-0.2, 0) is 4.79 Å². The Morgan fingerprint density at radius 3 is 2.31 bits per heavy atom. The first-order chi connectivity index (χ1) is 7.54. The highest BCUT2D eigenvalue weighted by Crippen LogP contribution is 2.09. The smallest absolute Gasteiger partial charge is 0.352 e. The number of hydrogen-bond acceptors (Lipinski definition) is 2. The highest BCUT2D eigenvalue weighted by molar-refractivity contribution is 6.30. The molecule has 0 heterocycles. The zero-order valence-corrected chi connectivity index (χ0v) is 9.28. The largest absolute Gasteiger partial charge is 0.477 e. The average molecular weight is 240 g/mol. The van der Waals surface area contributed by atoms with Gasteiger partial charge < -0.3 is 10.4 Å². The minimum atomic E-state index is -1.18. The van der Waals surface area contributed by atoms with Crippen molar-refractivity contribution in [3.8, 4) is 0 Å². The molecule has 0 aliphatic carbocycles. The molecule has 4 nitrogen and oxygen atoms in total. The topological polar surface area (TPSA) is 66.4 Å². The minimum Gasteiger partial charge on any atom is -0.477 e. The van der Waals surface area contributed by atoms with Gasteiger partial charge in [0.05, 0.1) is 0 Å². The van der Waals surface area contributed by atoms with E-state index in [1.54, 1.807) is 12.1 Å². The Morgan fingerprint density at radius 2 is 1.88 bits per heavy atom. The molecule has 0 bridgehead atoms. The molecule has 0 saturated carbocycles. The summed E-state index contributed by atoms with van der Waals surface area (Å²) in [5, 5.41) is 11.5. The van der Waals surface area contributed by atoms with Crippen LogP contribution >= 0.6 is 11.6 Å². The Kier molecular flexibility index (Phi) is 4.08. The first-order valence-electron chi connectivity index (χ1n) is 4.51. The van der Waals surface area contributed by atoms with Crippen molar-refractivity contribution < 1.29 is 14.7 Å². The standard InChI is InChI=1S/C11H10ClNO3/c1-2-9(11(15)16)13-10(14)7-3-5-8(12)6-4-7/h2-6H,1H3,(H,13,14)(H,15,16)/b9-2+. The van der Waals surface area contributed by atoms with E-state index in [9.17, 15) is 9.59 Å². The second-order valence-corrected chi connectivity index (χ2v) is 3.40. The van der Waals surface area contributed by atoms with E-state index in [-0.39, 0.29) is 5.70 Å². The summed E-state index contributed by atoms with van der Waals surface area (Å²) >= 11 is 5.66. The van der Waals surface area contributed by atoms with Crippen LogP contribution in [0.5, 0.6) is 0 Å². The summed E-state index contributed by atoms with van der Waals surface area (Å²) in [5.41, 5.74) is 0.199. The van der Waals surface area contributed by atoms with Crippen molar-refractivity contribution in [2.45, 2.75) is 6.92 Å². The zero-order valence-electron chi connectivity index (χ0n) is 8.53. The van der Waals surface area contributed by atoms with Crippen molar-refractivity contribution in [1.29, 1.82) is 0 Å². The number of carboxylic acids is 1. The van der Waals surface area contributed by atoms with Gasteiger partial charge in [-0.05, 0) is 31.2 Å². The van der Waals surface area contributed by atoms with Crippen molar-refractivity contribution in [1.82, 2.24) is 5.32 Å². The number of carboxylic acid groups (broad SMARTS) is 1. The van der Waals surface area contributed by atoms with E-state index < -0.39 is 11.9 Å². The number of carbonyl (C=O) groups excluding carboxylic acids is 1. The Labute approximate surface area is 97.5 Å². The molecule has 1 rings (SSSR count). The molecule has 0 fully saturated rings. The Morgan fingerprint density at radius 1 is 1.31 bits per heavy atom. The molecule has 84 valence electrons. The summed E-state index contributed by atoms with van der Waals surface area (Å²) < 4.78 is 0.